The molecule has 5 heteroatoms. The van der Waals surface area contributed by atoms with Crippen LogP contribution in [0.25, 0.3) is 6.08 Å². The predicted molar refractivity (Wildman–Crippen MR) is 99.2 cm³/mol. The van der Waals surface area contributed by atoms with E-state index >= 15 is 0 Å². The maximum absolute atomic E-state index is 11.4. The molecule has 0 atom stereocenters. The molecule has 25 heavy (non-hydrogen) atoms. The van der Waals surface area contributed by atoms with E-state index in [2.05, 4.69) is 0 Å². The second-order valence-corrected chi connectivity index (χ2v) is 5.80. The first-order chi connectivity index (χ1) is 12.0. The Morgan fingerprint density at radius 2 is 1.92 bits per heavy atom. The van der Waals surface area contributed by atoms with Gasteiger partial charge in [-0.2, -0.15) is 0 Å². The van der Waals surface area contributed by atoms with Gasteiger partial charge in [0.2, 0.25) is 0 Å². The van der Waals surface area contributed by atoms with Gasteiger partial charge in [-0.1, -0.05) is 41.4 Å². The molecule has 0 aliphatic heterocycles. The summed E-state index contributed by atoms with van der Waals surface area (Å²) in [5.41, 5.74) is 2.95. The zero-order chi connectivity index (χ0) is 18.2. The number of benzene rings is 2. The maximum Gasteiger partial charge on any atom is 0.330 e. The summed E-state index contributed by atoms with van der Waals surface area (Å²) < 4.78 is 16.1. The third-order valence-electron chi connectivity index (χ3n) is 3.45. The van der Waals surface area contributed by atoms with Crippen LogP contribution in [0.4, 0.5) is 0 Å². The molecule has 0 bridgehead atoms. The third kappa shape index (κ3) is 5.54. The van der Waals surface area contributed by atoms with E-state index < -0.39 is 5.97 Å². The molecular formula is C20H21ClO4. The molecule has 0 amide bonds. The van der Waals surface area contributed by atoms with Crippen LogP contribution >= 0.6 is 11.6 Å². The molecule has 2 aromatic carbocycles. The number of aryl methyl sites for hydroxylation is 1. The van der Waals surface area contributed by atoms with Crippen molar-refractivity contribution >= 4 is 23.6 Å². The lowest BCUT2D eigenvalue weighted by Gasteiger charge is -2.13. The molecule has 0 aromatic heterocycles. The van der Waals surface area contributed by atoms with Crippen LogP contribution in [-0.2, 0) is 16.1 Å². The highest BCUT2D eigenvalue weighted by atomic mass is 35.5. The average molecular weight is 361 g/mol. The Kier molecular flexibility index (Phi) is 6.90. The zero-order valence-electron chi connectivity index (χ0n) is 14.5. The Labute approximate surface area is 153 Å². The second kappa shape index (κ2) is 9.14. The molecule has 132 valence electrons. The van der Waals surface area contributed by atoms with Gasteiger partial charge in [-0.15, -0.1) is 0 Å². The van der Waals surface area contributed by atoms with Crippen LogP contribution in [0.1, 0.15) is 23.6 Å². The number of hydrogen-bond acceptors (Lipinski definition) is 4. The van der Waals surface area contributed by atoms with Gasteiger partial charge in [0.05, 0.1) is 18.7 Å². The first kappa shape index (κ1) is 18.9. The summed E-state index contributed by atoms with van der Waals surface area (Å²) in [6, 6.07) is 11.5. The number of rotatable bonds is 7. The molecule has 0 N–H and O–H groups in total. The van der Waals surface area contributed by atoms with Crippen molar-refractivity contribution in [2.24, 2.45) is 0 Å². The van der Waals surface area contributed by atoms with Crippen molar-refractivity contribution in [3.05, 3.63) is 64.2 Å². The van der Waals surface area contributed by atoms with Gasteiger partial charge in [0, 0.05) is 6.08 Å². The molecule has 0 heterocycles. The van der Waals surface area contributed by atoms with E-state index in [0.717, 1.165) is 11.1 Å². The van der Waals surface area contributed by atoms with Crippen LogP contribution < -0.4 is 9.47 Å². The Balaban J connectivity index is 2.15. The van der Waals surface area contributed by atoms with E-state index in [9.17, 15) is 4.79 Å². The fraction of sp³-hybridized carbons (Fsp3) is 0.250. The number of halogens is 1. The lowest BCUT2D eigenvalue weighted by atomic mass is 10.1. The summed E-state index contributed by atoms with van der Waals surface area (Å²) >= 11 is 6.33. The van der Waals surface area contributed by atoms with Crippen LogP contribution in [0.5, 0.6) is 11.5 Å². The van der Waals surface area contributed by atoms with Gasteiger partial charge < -0.3 is 14.2 Å². The van der Waals surface area contributed by atoms with Gasteiger partial charge in [-0.05, 0) is 43.2 Å². The number of carbonyl (C=O) groups excluding carboxylic acids is 1. The molecule has 0 aliphatic carbocycles. The molecule has 0 aliphatic rings. The summed E-state index contributed by atoms with van der Waals surface area (Å²) in [6.07, 6.45) is 2.97. The van der Waals surface area contributed by atoms with Crippen LogP contribution in [0, 0.1) is 6.92 Å². The topological polar surface area (TPSA) is 44.8 Å². The molecular weight excluding hydrogens is 340 g/mol. The van der Waals surface area contributed by atoms with E-state index in [1.54, 1.807) is 32.2 Å². The highest BCUT2D eigenvalue weighted by Crippen LogP contribution is 2.37. The molecule has 4 nitrogen and oxygen atoms in total. The predicted octanol–water partition coefficient (Wildman–Crippen LogP) is 4.81. The minimum Gasteiger partial charge on any atom is -0.493 e. The largest absolute Gasteiger partial charge is 0.493 e. The Bertz CT molecular complexity index is 751. The lowest BCUT2D eigenvalue weighted by molar-refractivity contribution is -0.137. The molecule has 0 spiro atoms. The standard InChI is InChI=1S/C20H21ClO4/c1-4-24-19(22)10-9-16-11-17(21)20(18(12-16)23-3)25-13-15-7-5-14(2)6-8-15/h5-12H,4,13H2,1-3H3/b10-9+. The zero-order valence-corrected chi connectivity index (χ0v) is 15.3. The summed E-state index contributed by atoms with van der Waals surface area (Å²) in [7, 11) is 1.54. The van der Waals surface area contributed by atoms with Gasteiger partial charge in [0.25, 0.3) is 0 Å². The first-order valence-corrected chi connectivity index (χ1v) is 8.32. The van der Waals surface area contributed by atoms with Gasteiger partial charge in [0.1, 0.15) is 6.61 Å². The monoisotopic (exact) mass is 360 g/mol. The highest BCUT2D eigenvalue weighted by Gasteiger charge is 2.12. The van der Waals surface area contributed by atoms with Crippen LogP contribution in [0.3, 0.4) is 0 Å². The maximum atomic E-state index is 11.4. The molecule has 0 fully saturated rings. The van der Waals surface area contributed by atoms with E-state index in [1.165, 1.54) is 11.6 Å². The molecule has 2 aromatic rings. The minimum absolute atomic E-state index is 0.332. The molecule has 0 radical (unpaired) electrons. The van der Waals surface area contributed by atoms with Crippen molar-refractivity contribution in [3.8, 4) is 11.5 Å². The number of carbonyl (C=O) groups is 1. The van der Waals surface area contributed by atoms with Gasteiger partial charge in [-0.25, -0.2) is 4.79 Å². The van der Waals surface area contributed by atoms with E-state index in [0.29, 0.717) is 29.7 Å². The van der Waals surface area contributed by atoms with Gasteiger partial charge in [0.15, 0.2) is 11.5 Å². The van der Waals surface area contributed by atoms with E-state index in [4.69, 9.17) is 25.8 Å². The van der Waals surface area contributed by atoms with E-state index in [-0.39, 0.29) is 0 Å². The van der Waals surface area contributed by atoms with Crippen LogP contribution in [0.15, 0.2) is 42.5 Å². The third-order valence-corrected chi connectivity index (χ3v) is 3.73. The second-order valence-electron chi connectivity index (χ2n) is 5.39. The summed E-state index contributed by atoms with van der Waals surface area (Å²) in [5.74, 6) is 0.568. The van der Waals surface area contributed by atoms with Crippen LogP contribution in [-0.4, -0.2) is 19.7 Å². The first-order valence-electron chi connectivity index (χ1n) is 7.94. The SMILES string of the molecule is CCOC(=O)/C=C/c1cc(Cl)c(OCc2ccc(C)cc2)c(OC)c1. The minimum atomic E-state index is -0.405. The number of ether oxygens (including phenoxy) is 3. The highest BCUT2D eigenvalue weighted by molar-refractivity contribution is 6.32. The Hall–Kier alpha value is -2.46. The van der Waals surface area contributed by atoms with Crippen molar-refractivity contribution < 1.29 is 19.0 Å². The van der Waals surface area contributed by atoms with Gasteiger partial charge in [-0.3, -0.25) is 0 Å². The van der Waals surface area contributed by atoms with Gasteiger partial charge >= 0.3 is 5.97 Å². The van der Waals surface area contributed by atoms with Crippen molar-refractivity contribution in [2.75, 3.05) is 13.7 Å². The average Bonchev–Trinajstić information content (AvgIpc) is 2.60. The summed E-state index contributed by atoms with van der Waals surface area (Å²) in [4.78, 5) is 11.4. The number of methoxy groups -OCH3 is 1. The fourth-order valence-electron chi connectivity index (χ4n) is 2.17. The summed E-state index contributed by atoms with van der Waals surface area (Å²) in [5, 5.41) is 0.412. The van der Waals surface area contributed by atoms with Crippen molar-refractivity contribution in [2.45, 2.75) is 20.5 Å². The Morgan fingerprint density at radius 1 is 1.20 bits per heavy atom. The smallest absolute Gasteiger partial charge is 0.330 e. The number of hydrogen-bond donors (Lipinski definition) is 0. The van der Waals surface area contributed by atoms with Crippen molar-refractivity contribution in [3.63, 3.8) is 0 Å². The van der Waals surface area contributed by atoms with Crippen molar-refractivity contribution in [1.29, 1.82) is 0 Å². The fourth-order valence-corrected chi connectivity index (χ4v) is 2.44. The summed E-state index contributed by atoms with van der Waals surface area (Å²) in [6.45, 7) is 4.51. The Morgan fingerprint density at radius 3 is 2.56 bits per heavy atom. The van der Waals surface area contributed by atoms with E-state index in [1.807, 2.05) is 31.2 Å². The normalized spacial score (nSPS) is 10.7. The molecule has 0 saturated carbocycles. The quantitative estimate of drug-likeness (QED) is 0.525. The lowest BCUT2D eigenvalue weighted by Crippen LogP contribution is -2.00. The number of esters is 1. The van der Waals surface area contributed by atoms with Crippen molar-refractivity contribution in [1.82, 2.24) is 0 Å². The molecule has 0 saturated heterocycles. The molecule has 2 rings (SSSR count). The van der Waals surface area contributed by atoms with Crippen LogP contribution in [0.2, 0.25) is 5.02 Å². The molecule has 0 unspecified atom stereocenters.